The van der Waals surface area contributed by atoms with Crippen LogP contribution >= 0.6 is 11.3 Å². The molecule has 0 spiro atoms. The Morgan fingerprint density at radius 3 is 2.79 bits per heavy atom. The number of para-hydroxylation sites is 1. The van der Waals surface area contributed by atoms with Crippen LogP contribution in [0.4, 0.5) is 0 Å². The van der Waals surface area contributed by atoms with Gasteiger partial charge in [-0.3, -0.25) is 4.79 Å². The fourth-order valence-electron chi connectivity index (χ4n) is 2.96. The van der Waals surface area contributed by atoms with Gasteiger partial charge in [-0.2, -0.15) is 0 Å². The van der Waals surface area contributed by atoms with E-state index in [1.54, 1.807) is 12.0 Å². The van der Waals surface area contributed by atoms with E-state index in [1.807, 2.05) is 48.7 Å². The van der Waals surface area contributed by atoms with Crippen molar-refractivity contribution in [2.24, 2.45) is 0 Å². The van der Waals surface area contributed by atoms with Gasteiger partial charge in [0.15, 0.2) is 5.76 Å². The van der Waals surface area contributed by atoms with Gasteiger partial charge in [-0.05, 0) is 24.4 Å². The van der Waals surface area contributed by atoms with Crippen LogP contribution in [-0.4, -0.2) is 41.3 Å². The maximum atomic E-state index is 13.2. The SMILES string of the molecule is COCCN(Cc1nnc(-c2cccs2)o1)C(=O)c1oc2ccccc2c1C. The fraction of sp³-hybridized carbons (Fsp3) is 0.250. The number of rotatable bonds is 7. The first-order valence-electron chi connectivity index (χ1n) is 8.80. The van der Waals surface area contributed by atoms with E-state index in [9.17, 15) is 4.79 Å². The molecule has 0 aliphatic rings. The van der Waals surface area contributed by atoms with E-state index >= 15 is 0 Å². The lowest BCUT2D eigenvalue weighted by molar-refractivity contribution is 0.0633. The van der Waals surface area contributed by atoms with Gasteiger partial charge in [0.05, 0.1) is 18.0 Å². The van der Waals surface area contributed by atoms with E-state index < -0.39 is 0 Å². The average molecular weight is 397 g/mol. The Labute approximate surface area is 165 Å². The minimum absolute atomic E-state index is 0.178. The van der Waals surface area contributed by atoms with Gasteiger partial charge in [0, 0.05) is 24.6 Å². The quantitative estimate of drug-likeness (QED) is 0.466. The van der Waals surface area contributed by atoms with E-state index in [0.717, 1.165) is 15.8 Å². The van der Waals surface area contributed by atoms with E-state index in [4.69, 9.17) is 13.6 Å². The standard InChI is InChI=1S/C20H19N3O4S/c1-13-14-6-3-4-7-15(14)26-18(13)20(24)23(9-10-25-2)12-17-21-22-19(27-17)16-8-5-11-28-16/h3-8,11H,9-10,12H2,1-2H3. The topological polar surface area (TPSA) is 81.6 Å². The van der Waals surface area contributed by atoms with Crippen LogP contribution in [0.15, 0.2) is 50.6 Å². The smallest absolute Gasteiger partial charge is 0.290 e. The number of nitrogens with zero attached hydrogens (tertiary/aromatic N) is 3. The molecular formula is C20H19N3O4S. The summed E-state index contributed by atoms with van der Waals surface area (Å²) in [5.41, 5.74) is 1.50. The highest BCUT2D eigenvalue weighted by Gasteiger charge is 2.25. The number of hydrogen-bond donors (Lipinski definition) is 0. The number of hydrogen-bond acceptors (Lipinski definition) is 7. The fourth-order valence-corrected chi connectivity index (χ4v) is 3.60. The highest BCUT2D eigenvalue weighted by molar-refractivity contribution is 7.13. The third-order valence-corrected chi connectivity index (χ3v) is 5.27. The molecule has 0 aliphatic heterocycles. The van der Waals surface area contributed by atoms with Crippen molar-refractivity contribution < 1.29 is 18.4 Å². The molecule has 0 saturated heterocycles. The lowest BCUT2D eigenvalue weighted by atomic mass is 10.1. The molecule has 0 radical (unpaired) electrons. The summed E-state index contributed by atoms with van der Waals surface area (Å²) in [5.74, 6) is 0.891. The Morgan fingerprint density at radius 1 is 1.18 bits per heavy atom. The first kappa shape index (κ1) is 18.4. The molecule has 4 aromatic rings. The third-order valence-electron chi connectivity index (χ3n) is 4.42. The molecule has 4 rings (SSSR count). The van der Waals surface area contributed by atoms with Crippen LogP contribution < -0.4 is 0 Å². The number of benzene rings is 1. The Morgan fingerprint density at radius 2 is 2.04 bits per heavy atom. The van der Waals surface area contributed by atoms with Crippen LogP contribution in [0.5, 0.6) is 0 Å². The molecule has 0 unspecified atom stereocenters. The minimum atomic E-state index is -0.235. The van der Waals surface area contributed by atoms with Gasteiger partial charge in [-0.25, -0.2) is 0 Å². The van der Waals surface area contributed by atoms with Crippen molar-refractivity contribution in [1.82, 2.24) is 15.1 Å². The molecule has 3 aromatic heterocycles. The maximum absolute atomic E-state index is 13.2. The second kappa shape index (κ2) is 7.95. The van der Waals surface area contributed by atoms with Crippen LogP contribution in [0.3, 0.4) is 0 Å². The first-order chi connectivity index (χ1) is 13.7. The van der Waals surface area contributed by atoms with Crippen molar-refractivity contribution in [1.29, 1.82) is 0 Å². The number of furan rings is 1. The zero-order valence-corrected chi connectivity index (χ0v) is 16.4. The minimum Gasteiger partial charge on any atom is -0.451 e. The Kier molecular flexibility index (Phi) is 5.23. The molecule has 0 atom stereocenters. The molecule has 1 amide bonds. The van der Waals surface area contributed by atoms with Gasteiger partial charge < -0.3 is 18.5 Å². The van der Waals surface area contributed by atoms with Crippen LogP contribution in [0, 0.1) is 6.92 Å². The summed E-state index contributed by atoms with van der Waals surface area (Å²) in [7, 11) is 1.59. The second-order valence-corrected chi connectivity index (χ2v) is 7.20. The van der Waals surface area contributed by atoms with Gasteiger partial charge in [-0.15, -0.1) is 21.5 Å². The molecule has 7 nitrogen and oxygen atoms in total. The zero-order valence-electron chi connectivity index (χ0n) is 15.5. The normalized spacial score (nSPS) is 11.2. The Hall–Kier alpha value is -2.97. The van der Waals surface area contributed by atoms with E-state index in [0.29, 0.717) is 36.3 Å². The van der Waals surface area contributed by atoms with Gasteiger partial charge in [0.2, 0.25) is 5.89 Å². The Balaban J connectivity index is 1.60. The summed E-state index contributed by atoms with van der Waals surface area (Å²) in [4.78, 5) is 15.7. The average Bonchev–Trinajstić information content (AvgIpc) is 3.45. The van der Waals surface area contributed by atoms with Crippen LogP contribution in [0.2, 0.25) is 0 Å². The van der Waals surface area contributed by atoms with E-state index in [-0.39, 0.29) is 12.5 Å². The van der Waals surface area contributed by atoms with Crippen molar-refractivity contribution in [3.63, 3.8) is 0 Å². The summed E-state index contributed by atoms with van der Waals surface area (Å²) in [5, 5.41) is 11.0. The third kappa shape index (κ3) is 3.56. The largest absolute Gasteiger partial charge is 0.451 e. The van der Waals surface area contributed by atoms with Crippen molar-refractivity contribution in [3.05, 3.63) is 59.0 Å². The first-order valence-corrected chi connectivity index (χ1v) is 9.68. The lowest BCUT2D eigenvalue weighted by Crippen LogP contribution is -2.33. The number of ether oxygens (including phenoxy) is 1. The molecule has 3 heterocycles. The van der Waals surface area contributed by atoms with Gasteiger partial charge in [0.25, 0.3) is 11.8 Å². The predicted molar refractivity (Wildman–Crippen MR) is 105 cm³/mol. The van der Waals surface area contributed by atoms with Crippen molar-refractivity contribution in [2.75, 3.05) is 20.3 Å². The number of methoxy groups -OCH3 is 1. The maximum Gasteiger partial charge on any atom is 0.290 e. The molecule has 144 valence electrons. The summed E-state index contributed by atoms with van der Waals surface area (Å²) in [6.45, 7) is 2.83. The molecular weight excluding hydrogens is 378 g/mol. The summed E-state index contributed by atoms with van der Waals surface area (Å²) < 4.78 is 16.7. The highest BCUT2D eigenvalue weighted by atomic mass is 32.1. The number of aryl methyl sites for hydroxylation is 1. The summed E-state index contributed by atoms with van der Waals surface area (Å²) in [6.07, 6.45) is 0. The Bertz CT molecular complexity index is 1080. The highest BCUT2D eigenvalue weighted by Crippen LogP contribution is 2.27. The lowest BCUT2D eigenvalue weighted by Gasteiger charge is -2.19. The molecule has 28 heavy (non-hydrogen) atoms. The van der Waals surface area contributed by atoms with Gasteiger partial charge in [-0.1, -0.05) is 24.3 Å². The number of thiophene rings is 1. The molecule has 0 fully saturated rings. The zero-order chi connectivity index (χ0) is 19.5. The molecule has 0 saturated carbocycles. The molecule has 1 aromatic carbocycles. The number of carbonyl (C=O) groups is 1. The molecule has 0 N–H and O–H groups in total. The van der Waals surface area contributed by atoms with E-state index in [1.165, 1.54) is 11.3 Å². The monoisotopic (exact) mass is 397 g/mol. The molecule has 8 heteroatoms. The molecule has 0 bridgehead atoms. The predicted octanol–water partition coefficient (Wildman–Crippen LogP) is 4.14. The number of fused-ring (bicyclic) bond motifs is 1. The van der Waals surface area contributed by atoms with Gasteiger partial charge in [0.1, 0.15) is 5.58 Å². The number of amides is 1. The van der Waals surface area contributed by atoms with Gasteiger partial charge >= 0.3 is 0 Å². The summed E-state index contributed by atoms with van der Waals surface area (Å²) in [6, 6.07) is 11.4. The van der Waals surface area contributed by atoms with Crippen LogP contribution in [0.1, 0.15) is 22.0 Å². The summed E-state index contributed by atoms with van der Waals surface area (Å²) >= 11 is 1.52. The van der Waals surface area contributed by atoms with Crippen LogP contribution in [-0.2, 0) is 11.3 Å². The molecule has 0 aliphatic carbocycles. The van der Waals surface area contributed by atoms with Crippen molar-refractivity contribution in [3.8, 4) is 10.8 Å². The number of aromatic nitrogens is 2. The number of carbonyl (C=O) groups excluding carboxylic acids is 1. The second-order valence-electron chi connectivity index (χ2n) is 6.25. The van der Waals surface area contributed by atoms with Crippen LogP contribution in [0.25, 0.3) is 21.7 Å². The van der Waals surface area contributed by atoms with E-state index in [2.05, 4.69) is 10.2 Å². The van der Waals surface area contributed by atoms with Crippen molar-refractivity contribution in [2.45, 2.75) is 13.5 Å². The van der Waals surface area contributed by atoms with Crippen molar-refractivity contribution >= 4 is 28.2 Å².